The maximum absolute atomic E-state index is 12.1. The lowest BCUT2D eigenvalue weighted by atomic mass is 9.48. The molecule has 4 rings (SSSR count). The fourth-order valence-corrected chi connectivity index (χ4v) is 7.06. The van der Waals surface area contributed by atoms with Crippen molar-refractivity contribution in [2.24, 2.45) is 34.5 Å². The topological polar surface area (TPSA) is 63.6 Å². The summed E-state index contributed by atoms with van der Waals surface area (Å²) >= 11 is 0. The van der Waals surface area contributed by atoms with E-state index in [4.69, 9.17) is 9.84 Å². The van der Waals surface area contributed by atoms with Gasteiger partial charge in [-0.05, 0) is 67.9 Å². The molecule has 0 aromatic carbocycles. The van der Waals surface area contributed by atoms with Crippen LogP contribution in [0.1, 0.15) is 59.3 Å². The second-order valence-corrected chi connectivity index (χ2v) is 9.75. The molecule has 0 radical (unpaired) electrons. The summed E-state index contributed by atoms with van der Waals surface area (Å²) < 4.78 is 5.89. The molecule has 148 valence electrons. The molecule has 4 aliphatic carbocycles. The number of carbonyl (C=O) groups excluding carboxylic acids is 2. The second-order valence-electron chi connectivity index (χ2n) is 9.75. The lowest BCUT2D eigenvalue weighted by Crippen LogP contribution is -2.51. The highest BCUT2D eigenvalue weighted by Gasteiger charge is 2.61. The molecule has 0 spiro atoms. The third kappa shape index (κ3) is 2.83. The Morgan fingerprint density at radius 1 is 1.30 bits per heavy atom. The van der Waals surface area contributed by atoms with Gasteiger partial charge in [0.2, 0.25) is 0 Å². The van der Waals surface area contributed by atoms with Crippen molar-refractivity contribution in [1.29, 1.82) is 0 Å². The summed E-state index contributed by atoms with van der Waals surface area (Å²) in [5.74, 6) is 1.96. The van der Waals surface area contributed by atoms with Crippen LogP contribution in [0.25, 0.3) is 0 Å². The molecule has 3 saturated carbocycles. The van der Waals surface area contributed by atoms with Gasteiger partial charge >= 0.3 is 5.97 Å². The molecule has 4 heteroatoms. The SMILES string of the molecule is C[C@@H]1C[C@H]2[C@@H]3CCC4=CC(=O)C=C[C@]4(C)[C@H]3CC[C@]2(C)[C@H]1OC(=O)CCO. The number of fused-ring (bicyclic) bond motifs is 5. The van der Waals surface area contributed by atoms with E-state index in [1.54, 1.807) is 6.08 Å². The zero-order chi connectivity index (χ0) is 19.4. The molecule has 0 heterocycles. The Kier molecular flexibility index (Phi) is 4.61. The highest BCUT2D eigenvalue weighted by molar-refractivity contribution is 6.01. The van der Waals surface area contributed by atoms with Gasteiger partial charge in [0.25, 0.3) is 0 Å². The monoisotopic (exact) mass is 372 g/mol. The molecule has 27 heavy (non-hydrogen) atoms. The first-order chi connectivity index (χ1) is 12.8. The summed E-state index contributed by atoms with van der Waals surface area (Å²) in [5.41, 5.74) is 1.35. The standard InChI is InChI=1S/C23H32O4/c1-14-12-19-17-5-4-15-13-16(25)6-9-22(15,2)18(17)7-10-23(19,3)21(14)27-20(26)8-11-24/h6,9,13-14,17-19,21,24H,4-5,7-8,10-12H2,1-3H3/t14-,17-,18+,19+,21+,22+,23+/m1/s1. The fraction of sp³-hybridized carbons (Fsp3) is 0.739. The minimum atomic E-state index is -0.270. The van der Waals surface area contributed by atoms with Crippen molar-refractivity contribution < 1.29 is 19.4 Å². The molecule has 0 unspecified atom stereocenters. The smallest absolute Gasteiger partial charge is 0.308 e. The van der Waals surface area contributed by atoms with E-state index in [2.05, 4.69) is 26.8 Å². The zero-order valence-corrected chi connectivity index (χ0v) is 16.7. The molecular weight excluding hydrogens is 340 g/mol. The summed E-state index contributed by atoms with van der Waals surface area (Å²) in [6.07, 6.45) is 11.3. The van der Waals surface area contributed by atoms with Crippen molar-refractivity contribution in [3.8, 4) is 0 Å². The summed E-state index contributed by atoms with van der Waals surface area (Å²) in [7, 11) is 0. The number of rotatable bonds is 3. The van der Waals surface area contributed by atoms with Gasteiger partial charge in [0.05, 0.1) is 13.0 Å². The summed E-state index contributed by atoms with van der Waals surface area (Å²) in [4.78, 5) is 23.9. The Balaban J connectivity index is 1.60. The molecule has 0 aromatic rings. The number of aliphatic hydroxyl groups is 1. The molecule has 0 aliphatic heterocycles. The van der Waals surface area contributed by atoms with Crippen LogP contribution >= 0.6 is 0 Å². The lowest BCUT2D eigenvalue weighted by Gasteiger charge is -2.56. The van der Waals surface area contributed by atoms with E-state index in [1.165, 1.54) is 5.57 Å². The predicted molar refractivity (Wildman–Crippen MR) is 103 cm³/mol. The maximum atomic E-state index is 12.1. The van der Waals surface area contributed by atoms with Gasteiger partial charge < -0.3 is 9.84 Å². The van der Waals surface area contributed by atoms with Crippen molar-refractivity contribution in [3.05, 3.63) is 23.8 Å². The molecule has 0 amide bonds. The van der Waals surface area contributed by atoms with Crippen LogP contribution in [-0.2, 0) is 14.3 Å². The Labute approximate surface area is 162 Å². The average molecular weight is 373 g/mol. The van der Waals surface area contributed by atoms with E-state index >= 15 is 0 Å². The second kappa shape index (κ2) is 6.58. The molecular formula is C23H32O4. The van der Waals surface area contributed by atoms with E-state index < -0.39 is 0 Å². The van der Waals surface area contributed by atoms with Crippen LogP contribution < -0.4 is 0 Å². The van der Waals surface area contributed by atoms with Gasteiger partial charge in [-0.3, -0.25) is 9.59 Å². The normalized spacial score (nSPS) is 45.6. The van der Waals surface area contributed by atoms with Gasteiger partial charge in [0.15, 0.2) is 5.78 Å². The first-order valence-corrected chi connectivity index (χ1v) is 10.5. The number of hydrogen-bond donors (Lipinski definition) is 1. The van der Waals surface area contributed by atoms with Crippen molar-refractivity contribution >= 4 is 11.8 Å². The first-order valence-electron chi connectivity index (χ1n) is 10.5. The summed E-state index contributed by atoms with van der Waals surface area (Å²) in [6.45, 7) is 6.70. The molecule has 1 N–H and O–H groups in total. The third-order valence-electron chi connectivity index (χ3n) is 8.36. The first kappa shape index (κ1) is 18.9. The fourth-order valence-electron chi connectivity index (χ4n) is 7.06. The Morgan fingerprint density at radius 3 is 2.81 bits per heavy atom. The number of allylic oxidation sites excluding steroid dienone is 4. The average Bonchev–Trinajstić information content (AvgIpc) is 2.87. The molecule has 4 nitrogen and oxygen atoms in total. The largest absolute Gasteiger partial charge is 0.461 e. The zero-order valence-electron chi connectivity index (χ0n) is 16.7. The minimum Gasteiger partial charge on any atom is -0.461 e. The van der Waals surface area contributed by atoms with E-state index in [1.807, 2.05) is 6.08 Å². The van der Waals surface area contributed by atoms with Gasteiger partial charge in [0.1, 0.15) is 6.10 Å². The van der Waals surface area contributed by atoms with Crippen molar-refractivity contribution in [2.75, 3.05) is 6.61 Å². The van der Waals surface area contributed by atoms with Crippen molar-refractivity contribution in [3.63, 3.8) is 0 Å². The van der Waals surface area contributed by atoms with Crippen LogP contribution in [-0.4, -0.2) is 29.6 Å². The van der Waals surface area contributed by atoms with Crippen LogP contribution in [0.4, 0.5) is 0 Å². The molecule has 0 bridgehead atoms. The Morgan fingerprint density at radius 2 is 2.07 bits per heavy atom. The van der Waals surface area contributed by atoms with E-state index in [-0.39, 0.29) is 41.7 Å². The van der Waals surface area contributed by atoms with Gasteiger partial charge in [-0.25, -0.2) is 0 Å². The van der Waals surface area contributed by atoms with Crippen LogP contribution in [0.2, 0.25) is 0 Å². The minimum absolute atomic E-state index is 0.00699. The van der Waals surface area contributed by atoms with E-state index in [0.717, 1.165) is 32.1 Å². The molecule has 4 aliphatic rings. The van der Waals surface area contributed by atoms with Gasteiger partial charge in [-0.2, -0.15) is 0 Å². The molecule has 7 atom stereocenters. The van der Waals surface area contributed by atoms with E-state index in [0.29, 0.717) is 23.7 Å². The third-order valence-corrected chi connectivity index (χ3v) is 8.36. The molecule has 0 saturated heterocycles. The molecule has 0 aromatic heterocycles. The number of ether oxygens (including phenoxy) is 1. The number of hydrogen-bond acceptors (Lipinski definition) is 4. The Bertz CT molecular complexity index is 707. The van der Waals surface area contributed by atoms with Gasteiger partial charge in [-0.15, -0.1) is 0 Å². The highest BCUT2D eigenvalue weighted by atomic mass is 16.5. The molecule has 3 fully saturated rings. The van der Waals surface area contributed by atoms with Crippen LogP contribution in [0.15, 0.2) is 23.8 Å². The van der Waals surface area contributed by atoms with Crippen LogP contribution in [0.3, 0.4) is 0 Å². The van der Waals surface area contributed by atoms with Crippen LogP contribution in [0.5, 0.6) is 0 Å². The summed E-state index contributed by atoms with van der Waals surface area (Å²) in [5, 5.41) is 9.05. The van der Waals surface area contributed by atoms with Crippen molar-refractivity contribution in [2.45, 2.75) is 65.4 Å². The lowest BCUT2D eigenvalue weighted by molar-refractivity contribution is -0.162. The number of aliphatic hydroxyl groups excluding tert-OH is 1. The van der Waals surface area contributed by atoms with E-state index in [9.17, 15) is 9.59 Å². The number of carbonyl (C=O) groups is 2. The van der Waals surface area contributed by atoms with Gasteiger partial charge in [0, 0.05) is 10.8 Å². The Hall–Kier alpha value is -1.42. The highest BCUT2D eigenvalue weighted by Crippen LogP contribution is 2.65. The van der Waals surface area contributed by atoms with Crippen molar-refractivity contribution in [1.82, 2.24) is 0 Å². The van der Waals surface area contributed by atoms with Crippen LogP contribution in [0, 0.1) is 34.5 Å². The quantitative estimate of drug-likeness (QED) is 0.765. The summed E-state index contributed by atoms with van der Waals surface area (Å²) in [6, 6.07) is 0. The number of esters is 1. The number of ketones is 1. The maximum Gasteiger partial charge on any atom is 0.308 e. The van der Waals surface area contributed by atoms with Gasteiger partial charge in [-0.1, -0.05) is 32.4 Å². The predicted octanol–water partition coefficient (Wildman–Crippen LogP) is 3.83.